The van der Waals surface area contributed by atoms with Crippen molar-refractivity contribution in [3.8, 4) is 0 Å². The van der Waals surface area contributed by atoms with Gasteiger partial charge >= 0.3 is 0 Å². The van der Waals surface area contributed by atoms with Gasteiger partial charge in [0.15, 0.2) is 46.7 Å². The first-order chi connectivity index (χ1) is 21.5. The summed E-state index contributed by atoms with van der Waals surface area (Å²) < 4.78 is 0. The summed E-state index contributed by atoms with van der Waals surface area (Å²) in [5, 5.41) is 0. The van der Waals surface area contributed by atoms with Crippen molar-refractivity contribution in [2.45, 2.75) is 13.8 Å². The van der Waals surface area contributed by atoms with Gasteiger partial charge in [0.2, 0.25) is 0 Å². The van der Waals surface area contributed by atoms with E-state index in [-0.39, 0.29) is 0 Å². The Bertz CT molecular complexity index is 2220. The van der Waals surface area contributed by atoms with E-state index in [1.165, 1.54) is 0 Å². The van der Waals surface area contributed by atoms with Gasteiger partial charge in [0.25, 0.3) is 0 Å². The summed E-state index contributed by atoms with van der Waals surface area (Å²) in [6.45, 7) is 4.19. The fourth-order valence-corrected chi connectivity index (χ4v) is 6.21. The first kappa shape index (κ1) is 24.7. The third kappa shape index (κ3) is 3.36. The molecule has 44 heavy (non-hydrogen) atoms. The predicted octanol–water partition coefficient (Wildman–Crippen LogP) is 4.77. The summed E-state index contributed by atoms with van der Waals surface area (Å²) in [4.78, 5) is 44.2. The molecule has 6 aliphatic heterocycles. The Labute approximate surface area is 253 Å². The smallest absolute Gasteiger partial charge is 0.182 e. The predicted molar refractivity (Wildman–Crippen MR) is 174 cm³/mol. The number of benzene rings is 3. The zero-order valence-corrected chi connectivity index (χ0v) is 24.4. The molecule has 0 saturated carbocycles. The minimum absolute atomic E-state index is 0.529. The minimum atomic E-state index is 0.529. The highest BCUT2D eigenvalue weighted by Crippen LogP contribution is 2.36. The van der Waals surface area contributed by atoms with Crippen molar-refractivity contribution < 1.29 is 0 Å². The summed E-state index contributed by atoms with van der Waals surface area (Å²) >= 11 is 0. The van der Waals surface area contributed by atoms with Crippen LogP contribution in [0.3, 0.4) is 0 Å². The molecule has 0 amide bonds. The summed E-state index contributed by atoms with van der Waals surface area (Å²) in [7, 11) is 4.07. The van der Waals surface area contributed by atoms with Gasteiger partial charge in [0, 0.05) is 58.9 Å². The van der Waals surface area contributed by atoms with E-state index in [2.05, 4.69) is 23.6 Å². The number of rotatable bonds is 0. The molecule has 10 nitrogen and oxygen atoms in total. The maximum atomic E-state index is 5.09. The number of hydrogen-bond donors (Lipinski definition) is 0. The molecule has 9 rings (SSSR count). The van der Waals surface area contributed by atoms with Crippen LogP contribution in [0.2, 0.25) is 0 Å². The third-order valence-electron chi connectivity index (χ3n) is 8.77. The summed E-state index contributed by atoms with van der Waals surface area (Å²) in [5.41, 5.74) is 9.23. The molecule has 3 aromatic rings. The molecule has 0 unspecified atom stereocenters. The molecule has 6 aliphatic rings. The second-order valence-corrected chi connectivity index (χ2v) is 11.1. The standard InChI is InChI=1S/C34H24N10/c1-17-18(2)44(4)26-25(43(17)3)33-40-31-23-15-9-7-13-21(23)29(38-31)36-27-19-11-5-6-12-20(19)28(35-27)37-30-22-14-8-10-16-24(22)32(39-30)41-34(26)42-33/h5-16H,1-4H3. The fourth-order valence-electron chi connectivity index (χ4n) is 6.21. The van der Waals surface area contributed by atoms with Crippen LogP contribution in [0.4, 0.5) is 0 Å². The molecule has 0 atom stereocenters. The van der Waals surface area contributed by atoms with Crippen LogP contribution in [0.5, 0.6) is 0 Å². The van der Waals surface area contributed by atoms with E-state index in [1.807, 2.05) is 86.9 Å². The molecule has 0 aliphatic carbocycles. The average molecular weight is 573 g/mol. The minimum Gasteiger partial charge on any atom is -0.342 e. The Morgan fingerprint density at radius 1 is 0.341 bits per heavy atom. The van der Waals surface area contributed by atoms with Crippen molar-refractivity contribution in [2.75, 3.05) is 14.1 Å². The van der Waals surface area contributed by atoms with Crippen LogP contribution in [-0.4, -0.2) is 70.6 Å². The highest BCUT2D eigenvalue weighted by Gasteiger charge is 2.38. The first-order valence-electron chi connectivity index (χ1n) is 14.3. The van der Waals surface area contributed by atoms with Crippen LogP contribution in [0.15, 0.2) is 136 Å². The highest BCUT2D eigenvalue weighted by molar-refractivity contribution is 6.35. The van der Waals surface area contributed by atoms with Gasteiger partial charge in [-0.25, -0.2) is 39.9 Å². The summed E-state index contributed by atoms with van der Waals surface area (Å²) in [5.74, 6) is 4.32. The lowest BCUT2D eigenvalue weighted by atomic mass is 10.1. The number of amidine groups is 8. The van der Waals surface area contributed by atoms with E-state index in [0.717, 1.165) is 56.2 Å². The fraction of sp³-hybridized carbons (Fsp3) is 0.118. The Hall–Kier alpha value is -5.90. The maximum Gasteiger partial charge on any atom is 0.182 e. The quantitative estimate of drug-likeness (QED) is 0.387. The average Bonchev–Trinajstić information content (AvgIpc) is 3.78. The number of fused-ring (bicyclic) bond motifs is 15. The molecule has 0 saturated heterocycles. The lowest BCUT2D eigenvalue weighted by Crippen LogP contribution is -2.34. The third-order valence-corrected chi connectivity index (χ3v) is 8.77. The molecule has 0 spiro atoms. The van der Waals surface area contributed by atoms with Crippen molar-refractivity contribution in [3.63, 3.8) is 0 Å². The van der Waals surface area contributed by atoms with Gasteiger partial charge in [-0.05, 0) is 13.8 Å². The largest absolute Gasteiger partial charge is 0.342 e. The van der Waals surface area contributed by atoms with Crippen LogP contribution >= 0.6 is 0 Å². The van der Waals surface area contributed by atoms with E-state index >= 15 is 0 Å². The highest BCUT2D eigenvalue weighted by atomic mass is 15.3. The van der Waals surface area contributed by atoms with Crippen LogP contribution in [0.25, 0.3) is 0 Å². The number of hydrogen-bond acceptors (Lipinski definition) is 10. The van der Waals surface area contributed by atoms with Crippen molar-refractivity contribution >= 4 is 46.7 Å². The monoisotopic (exact) mass is 572 g/mol. The number of nitrogens with zero attached hydrogens (tertiary/aromatic N) is 10. The molecule has 210 valence electrons. The van der Waals surface area contributed by atoms with Gasteiger partial charge in [-0.1, -0.05) is 72.8 Å². The number of allylic oxidation sites excluding steroid dienone is 2. The molecule has 0 N–H and O–H groups in total. The first-order valence-corrected chi connectivity index (χ1v) is 14.3. The second kappa shape index (κ2) is 8.81. The van der Waals surface area contributed by atoms with E-state index < -0.39 is 0 Å². The number of likely N-dealkylation sites (N-methyl/N-ethyl adjacent to an activating group) is 2. The Morgan fingerprint density at radius 3 is 0.818 bits per heavy atom. The van der Waals surface area contributed by atoms with Gasteiger partial charge in [0.05, 0.1) is 0 Å². The maximum absolute atomic E-state index is 5.09. The molecular formula is C34H24N10. The SMILES string of the molecule is CC1=C(C)N(C)C2=C(C3=NC2=NC2=NC(=NC4=NC(=NC5=NC(=N3)c3ccccc35)c3ccccc34)c3ccccc32)N1C. The Kier molecular flexibility index (Phi) is 4.94. The lowest BCUT2D eigenvalue weighted by molar-refractivity contribution is 0.421. The molecular weight excluding hydrogens is 548 g/mol. The van der Waals surface area contributed by atoms with Gasteiger partial charge in [-0.2, -0.15) is 0 Å². The van der Waals surface area contributed by atoms with Crippen molar-refractivity contribution in [3.05, 3.63) is 129 Å². The zero-order valence-electron chi connectivity index (χ0n) is 24.4. The van der Waals surface area contributed by atoms with E-state index in [0.29, 0.717) is 46.7 Å². The second-order valence-electron chi connectivity index (χ2n) is 11.1. The molecule has 3 aromatic carbocycles. The van der Waals surface area contributed by atoms with Crippen LogP contribution in [-0.2, 0) is 0 Å². The molecule has 0 radical (unpaired) electrons. The van der Waals surface area contributed by atoms with Crippen molar-refractivity contribution in [2.24, 2.45) is 39.9 Å². The Balaban J connectivity index is 1.36. The normalized spacial score (nSPS) is 19.3. The molecule has 6 heterocycles. The Morgan fingerprint density at radius 2 is 0.545 bits per heavy atom. The van der Waals surface area contributed by atoms with Crippen LogP contribution < -0.4 is 0 Å². The van der Waals surface area contributed by atoms with Crippen LogP contribution in [0.1, 0.15) is 47.2 Å². The van der Waals surface area contributed by atoms with E-state index in [1.54, 1.807) is 0 Å². The van der Waals surface area contributed by atoms with Gasteiger partial charge < -0.3 is 9.80 Å². The van der Waals surface area contributed by atoms with E-state index in [9.17, 15) is 0 Å². The van der Waals surface area contributed by atoms with Gasteiger partial charge in [-0.3, -0.25) is 0 Å². The van der Waals surface area contributed by atoms with Gasteiger partial charge in [0.1, 0.15) is 11.4 Å². The molecule has 10 heteroatoms. The molecule has 8 bridgehead atoms. The van der Waals surface area contributed by atoms with Crippen molar-refractivity contribution in [1.29, 1.82) is 0 Å². The van der Waals surface area contributed by atoms with Gasteiger partial charge in [-0.15, -0.1) is 0 Å². The van der Waals surface area contributed by atoms with Crippen molar-refractivity contribution in [1.82, 2.24) is 9.80 Å². The topological polar surface area (TPSA) is 105 Å². The number of aliphatic imine (C=N–C) groups is 8. The molecule has 0 fully saturated rings. The zero-order chi connectivity index (χ0) is 29.7. The lowest BCUT2D eigenvalue weighted by Gasteiger charge is -2.35. The summed E-state index contributed by atoms with van der Waals surface area (Å²) in [6.07, 6.45) is 0. The van der Waals surface area contributed by atoms with E-state index in [4.69, 9.17) is 39.9 Å². The van der Waals surface area contributed by atoms with Crippen LogP contribution in [0, 0.1) is 0 Å². The molecule has 0 aromatic heterocycles. The summed E-state index contributed by atoms with van der Waals surface area (Å²) in [6, 6.07) is 23.9.